The van der Waals surface area contributed by atoms with Gasteiger partial charge >= 0.3 is 0 Å². The molecule has 9 heteroatoms. The molecule has 4 aliphatic rings. The number of hydrogen-bond donors (Lipinski definition) is 2. The second-order valence-corrected chi connectivity index (χ2v) is 9.07. The predicted molar refractivity (Wildman–Crippen MR) is 103 cm³/mol. The van der Waals surface area contributed by atoms with Crippen LogP contribution in [0.2, 0.25) is 0 Å². The number of halogens is 1. The van der Waals surface area contributed by atoms with Crippen LogP contribution in [0.1, 0.15) is 52.0 Å². The molecule has 3 atom stereocenters. The van der Waals surface area contributed by atoms with Gasteiger partial charge in [-0.1, -0.05) is 6.07 Å². The summed E-state index contributed by atoms with van der Waals surface area (Å²) in [5.41, 5.74) is 1.55. The molecule has 1 aromatic rings. The predicted octanol–water partition coefficient (Wildman–Crippen LogP) is 0.591. The highest BCUT2D eigenvalue weighted by molar-refractivity contribution is 6.24. The molecular weight excluding hydrogens is 396 g/mol. The average molecular weight is 417 g/mol. The molecule has 3 unspecified atom stereocenters. The lowest BCUT2D eigenvalue weighted by Gasteiger charge is -2.37. The maximum atomic E-state index is 12.9. The van der Waals surface area contributed by atoms with E-state index in [1.54, 1.807) is 12.1 Å². The summed E-state index contributed by atoms with van der Waals surface area (Å²) in [5, 5.41) is 5.65. The van der Waals surface area contributed by atoms with Crippen LogP contribution in [0.25, 0.3) is 0 Å². The zero-order chi connectivity index (χ0) is 20.3. The van der Waals surface area contributed by atoms with Crippen molar-refractivity contribution in [3.05, 3.63) is 34.9 Å². The summed E-state index contributed by atoms with van der Waals surface area (Å²) in [6.07, 6.45) is 2.26. The van der Waals surface area contributed by atoms with Gasteiger partial charge in [0, 0.05) is 32.1 Å². The number of carbonyl (C=O) groups is 4. The van der Waals surface area contributed by atoms with Crippen LogP contribution in [0.5, 0.6) is 0 Å². The van der Waals surface area contributed by atoms with E-state index in [4.69, 9.17) is 11.6 Å². The highest BCUT2D eigenvalue weighted by Gasteiger charge is 2.45. The Labute approximate surface area is 172 Å². The molecule has 0 saturated carbocycles. The molecule has 8 nitrogen and oxygen atoms in total. The Morgan fingerprint density at radius 3 is 2.66 bits per heavy atom. The summed E-state index contributed by atoms with van der Waals surface area (Å²) in [5.74, 6) is -1.94. The van der Waals surface area contributed by atoms with Gasteiger partial charge in [0.1, 0.15) is 11.0 Å². The number of nitrogens with one attached hydrogen (secondary N) is 2. The van der Waals surface area contributed by atoms with Crippen molar-refractivity contribution in [2.24, 2.45) is 0 Å². The fourth-order valence-electron chi connectivity index (χ4n) is 4.90. The molecule has 2 bridgehead atoms. The van der Waals surface area contributed by atoms with Crippen molar-refractivity contribution in [3.8, 4) is 0 Å². The third kappa shape index (κ3) is 3.15. The van der Waals surface area contributed by atoms with Crippen LogP contribution in [0.4, 0.5) is 0 Å². The Kier molecular flexibility index (Phi) is 4.27. The van der Waals surface area contributed by atoms with E-state index in [9.17, 15) is 19.2 Å². The minimum atomic E-state index is -0.941. The molecule has 0 aliphatic carbocycles. The van der Waals surface area contributed by atoms with E-state index in [0.717, 1.165) is 36.4 Å². The number of alkyl halides is 1. The highest BCUT2D eigenvalue weighted by atomic mass is 35.5. The minimum absolute atomic E-state index is 0.111. The van der Waals surface area contributed by atoms with Crippen LogP contribution in [0, 0.1) is 0 Å². The second-order valence-electron chi connectivity index (χ2n) is 8.34. The number of carbonyl (C=O) groups excluding carboxylic acids is 4. The van der Waals surface area contributed by atoms with Crippen LogP contribution in [0.15, 0.2) is 18.2 Å². The molecule has 29 heavy (non-hydrogen) atoms. The number of likely N-dealkylation sites (tertiary alicyclic amines) is 1. The zero-order valence-electron chi connectivity index (χ0n) is 15.7. The maximum Gasteiger partial charge on any atom is 0.262 e. The van der Waals surface area contributed by atoms with Gasteiger partial charge in [0.2, 0.25) is 11.8 Å². The Morgan fingerprint density at radius 1 is 1.10 bits per heavy atom. The van der Waals surface area contributed by atoms with Crippen LogP contribution >= 0.6 is 11.6 Å². The first-order valence-corrected chi connectivity index (χ1v) is 10.2. The van der Waals surface area contributed by atoms with E-state index in [1.807, 2.05) is 6.07 Å². The minimum Gasteiger partial charge on any atom is -0.295 e. The molecule has 0 radical (unpaired) electrons. The second kappa shape index (κ2) is 6.62. The Hall–Kier alpha value is -2.29. The molecule has 4 amide bonds. The van der Waals surface area contributed by atoms with Crippen molar-refractivity contribution in [3.63, 3.8) is 0 Å². The average Bonchev–Trinajstić information content (AvgIpc) is 3.08. The zero-order valence-corrected chi connectivity index (χ0v) is 16.5. The van der Waals surface area contributed by atoms with Crippen molar-refractivity contribution in [2.75, 3.05) is 13.1 Å². The van der Waals surface area contributed by atoms with E-state index in [0.29, 0.717) is 23.7 Å². The summed E-state index contributed by atoms with van der Waals surface area (Å²) >= 11 is 6.61. The summed E-state index contributed by atoms with van der Waals surface area (Å²) in [6, 6.07) is 4.68. The molecule has 4 heterocycles. The van der Waals surface area contributed by atoms with Gasteiger partial charge in [0.25, 0.3) is 11.8 Å². The quantitative estimate of drug-likeness (QED) is 0.425. The summed E-state index contributed by atoms with van der Waals surface area (Å²) in [6.45, 7) is 2.25. The van der Waals surface area contributed by atoms with Gasteiger partial charge in [-0.05, 0) is 37.0 Å². The Balaban J connectivity index is 1.36. The number of hydrogen-bond acceptors (Lipinski definition) is 6. The Bertz CT molecular complexity index is 950. The number of piperazine rings is 1. The van der Waals surface area contributed by atoms with E-state index < -0.39 is 23.8 Å². The molecular formula is C20H21ClN4O4. The van der Waals surface area contributed by atoms with Gasteiger partial charge in [-0.25, -0.2) is 0 Å². The molecule has 152 valence electrons. The first kappa shape index (κ1) is 18.7. The van der Waals surface area contributed by atoms with Gasteiger partial charge in [-0.15, -0.1) is 11.6 Å². The fraction of sp³-hybridized carbons (Fsp3) is 0.500. The van der Waals surface area contributed by atoms with Crippen LogP contribution in [-0.2, 0) is 16.1 Å². The smallest absolute Gasteiger partial charge is 0.262 e. The number of piperidine rings is 1. The molecule has 5 rings (SSSR count). The number of imide groups is 2. The van der Waals surface area contributed by atoms with Crippen molar-refractivity contribution in [1.29, 1.82) is 0 Å². The number of amides is 4. The van der Waals surface area contributed by atoms with E-state index >= 15 is 0 Å². The third-order valence-corrected chi connectivity index (χ3v) is 6.63. The van der Waals surface area contributed by atoms with E-state index in [1.165, 1.54) is 0 Å². The molecule has 2 N–H and O–H groups in total. The van der Waals surface area contributed by atoms with Gasteiger partial charge < -0.3 is 0 Å². The molecule has 4 aliphatic heterocycles. The molecule has 0 aromatic heterocycles. The van der Waals surface area contributed by atoms with E-state index in [-0.39, 0.29) is 23.7 Å². The lowest BCUT2D eigenvalue weighted by atomic mass is 10.0. The Morgan fingerprint density at radius 2 is 1.90 bits per heavy atom. The summed E-state index contributed by atoms with van der Waals surface area (Å²) < 4.78 is 0. The van der Waals surface area contributed by atoms with Crippen LogP contribution in [-0.4, -0.2) is 63.6 Å². The lowest BCUT2D eigenvalue weighted by molar-refractivity contribution is -0.136. The number of nitrogens with zero attached hydrogens (tertiary/aromatic N) is 2. The van der Waals surface area contributed by atoms with Crippen molar-refractivity contribution in [1.82, 2.24) is 20.4 Å². The fourth-order valence-corrected chi connectivity index (χ4v) is 5.33. The van der Waals surface area contributed by atoms with E-state index in [2.05, 4.69) is 15.5 Å². The summed E-state index contributed by atoms with van der Waals surface area (Å²) in [7, 11) is 0. The molecule has 0 spiro atoms. The maximum absolute atomic E-state index is 12.9. The van der Waals surface area contributed by atoms with Crippen molar-refractivity contribution < 1.29 is 19.2 Å². The van der Waals surface area contributed by atoms with Crippen LogP contribution in [0.3, 0.4) is 0 Å². The van der Waals surface area contributed by atoms with Gasteiger partial charge in [-0.3, -0.25) is 39.6 Å². The monoisotopic (exact) mass is 416 g/mol. The first-order chi connectivity index (χ1) is 13.8. The summed E-state index contributed by atoms with van der Waals surface area (Å²) in [4.78, 5) is 52.1. The molecule has 1 aromatic carbocycles. The molecule has 3 fully saturated rings. The largest absolute Gasteiger partial charge is 0.295 e. The van der Waals surface area contributed by atoms with Gasteiger partial charge in [0.05, 0.1) is 11.1 Å². The van der Waals surface area contributed by atoms with Crippen LogP contribution < -0.4 is 10.6 Å². The number of fused-ring (bicyclic) bond motifs is 3. The lowest BCUT2D eigenvalue weighted by Crippen LogP contribution is -2.56. The SMILES string of the molecule is O=C1CCC(N2C(=O)c3ccc(CN4CC5CCC(Cl)(C4)N5)cc3C2=O)C(=O)N1. The number of rotatable bonds is 3. The number of benzene rings is 1. The molecule has 3 saturated heterocycles. The van der Waals surface area contributed by atoms with Gasteiger partial charge in [0.15, 0.2) is 0 Å². The highest BCUT2D eigenvalue weighted by Crippen LogP contribution is 2.34. The van der Waals surface area contributed by atoms with Crippen molar-refractivity contribution >= 4 is 35.2 Å². The van der Waals surface area contributed by atoms with Crippen molar-refractivity contribution in [2.45, 2.75) is 49.3 Å². The van der Waals surface area contributed by atoms with Gasteiger partial charge in [-0.2, -0.15) is 0 Å². The third-order valence-electron chi connectivity index (χ3n) is 6.22. The standard InChI is InChI=1S/C20H21ClN4O4/c21-20-6-5-12(23-20)9-24(10-20)8-11-1-2-13-14(7-11)19(29)25(18(13)28)15-3-4-16(26)22-17(15)27/h1-2,7,12,15,23H,3-6,8-10H2,(H,22,26,27). The first-order valence-electron chi connectivity index (χ1n) is 9.86. The topological polar surface area (TPSA) is 98.8 Å². The normalized spacial score (nSPS) is 32.0.